The number of rotatable bonds is 2. The maximum Gasteiger partial charge on any atom is 0.270 e. The highest BCUT2D eigenvalue weighted by Gasteiger charge is 2.31. The van der Waals surface area contributed by atoms with Gasteiger partial charge in [0, 0.05) is 17.2 Å². The molecule has 0 spiro atoms. The molecule has 1 fully saturated rings. The summed E-state index contributed by atoms with van der Waals surface area (Å²) in [4.78, 5) is 17.7. The number of aryl methyl sites for hydroxylation is 2. The first-order valence-corrected chi connectivity index (χ1v) is 8.07. The minimum atomic E-state index is 0.0855. The van der Waals surface area contributed by atoms with E-state index in [-0.39, 0.29) is 11.9 Å². The Morgan fingerprint density at radius 3 is 2.57 bits per heavy atom. The fourth-order valence-electron chi connectivity index (χ4n) is 3.20. The number of carbonyl (C=O) groups is 1. The van der Waals surface area contributed by atoms with Crippen LogP contribution >= 0.6 is 15.9 Å². The minimum Gasteiger partial charge on any atom is -0.356 e. The van der Waals surface area contributed by atoms with Gasteiger partial charge in [-0.05, 0) is 54.2 Å². The number of carbonyl (C=O) groups excluding carboxylic acids is 1. The van der Waals surface area contributed by atoms with Crippen LogP contribution in [0.1, 0.15) is 46.1 Å². The van der Waals surface area contributed by atoms with E-state index in [1.807, 2.05) is 11.0 Å². The molecule has 1 aliphatic rings. The summed E-state index contributed by atoms with van der Waals surface area (Å²) in [5.74, 6) is 0.0855. The lowest BCUT2D eigenvalue weighted by atomic mass is 9.99. The van der Waals surface area contributed by atoms with Crippen molar-refractivity contribution in [3.63, 3.8) is 0 Å². The normalized spacial score (nSPS) is 18.2. The number of likely N-dealkylation sites (tertiary alicyclic amines) is 1. The van der Waals surface area contributed by atoms with Crippen molar-refractivity contribution in [3.05, 3.63) is 57.3 Å². The third-order valence-electron chi connectivity index (χ3n) is 4.02. The summed E-state index contributed by atoms with van der Waals surface area (Å²) in [6.45, 7) is 5.05. The van der Waals surface area contributed by atoms with Crippen molar-refractivity contribution in [2.24, 2.45) is 0 Å². The molecule has 1 N–H and O–H groups in total. The summed E-state index contributed by atoms with van der Waals surface area (Å²) in [5.41, 5.74) is 4.42. The van der Waals surface area contributed by atoms with Gasteiger partial charge in [0.25, 0.3) is 5.91 Å². The lowest BCUT2D eigenvalue weighted by Gasteiger charge is -2.25. The average Bonchev–Trinajstić information content (AvgIpc) is 3.05. The molecule has 21 heavy (non-hydrogen) atoms. The number of nitrogens with zero attached hydrogens (tertiary/aromatic N) is 1. The Balaban J connectivity index is 1.90. The molecule has 110 valence electrons. The van der Waals surface area contributed by atoms with Gasteiger partial charge in [0.2, 0.25) is 0 Å². The lowest BCUT2D eigenvalue weighted by molar-refractivity contribution is 0.0730. The largest absolute Gasteiger partial charge is 0.356 e. The first-order valence-electron chi connectivity index (χ1n) is 7.27. The number of benzene rings is 1. The van der Waals surface area contributed by atoms with E-state index < -0.39 is 0 Å². The molecule has 2 aromatic rings. The van der Waals surface area contributed by atoms with Crippen LogP contribution < -0.4 is 0 Å². The monoisotopic (exact) mass is 346 g/mol. The van der Waals surface area contributed by atoms with Crippen molar-refractivity contribution < 1.29 is 4.79 Å². The van der Waals surface area contributed by atoms with Crippen LogP contribution in [0.2, 0.25) is 0 Å². The molecule has 3 nitrogen and oxygen atoms in total. The van der Waals surface area contributed by atoms with Gasteiger partial charge in [0.1, 0.15) is 5.69 Å². The van der Waals surface area contributed by atoms with Crippen molar-refractivity contribution in [3.8, 4) is 0 Å². The zero-order chi connectivity index (χ0) is 15.0. The van der Waals surface area contributed by atoms with Crippen LogP contribution in [0.3, 0.4) is 0 Å². The van der Waals surface area contributed by atoms with Crippen molar-refractivity contribution in [2.45, 2.75) is 32.7 Å². The molecule has 1 aliphatic heterocycles. The predicted octanol–water partition coefficient (Wildman–Crippen LogP) is 4.37. The zero-order valence-corrected chi connectivity index (χ0v) is 13.9. The molecule has 0 saturated carbocycles. The molecule has 0 aliphatic carbocycles. The van der Waals surface area contributed by atoms with Gasteiger partial charge >= 0.3 is 0 Å². The third-order valence-corrected chi connectivity index (χ3v) is 4.48. The predicted molar refractivity (Wildman–Crippen MR) is 87.4 cm³/mol. The Hall–Kier alpha value is -1.55. The molecule has 1 saturated heterocycles. The fraction of sp³-hybridized carbons (Fsp3) is 0.353. The number of amides is 1. The minimum absolute atomic E-state index is 0.0855. The van der Waals surface area contributed by atoms with Crippen LogP contribution in [0.4, 0.5) is 0 Å². The zero-order valence-electron chi connectivity index (χ0n) is 12.3. The van der Waals surface area contributed by atoms with Crippen LogP contribution in [0.25, 0.3) is 0 Å². The highest BCUT2D eigenvalue weighted by atomic mass is 79.9. The Kier molecular flexibility index (Phi) is 3.89. The summed E-state index contributed by atoms with van der Waals surface area (Å²) in [5, 5.41) is 0. The number of aromatic amines is 1. The van der Waals surface area contributed by atoms with E-state index in [1.165, 1.54) is 16.7 Å². The van der Waals surface area contributed by atoms with Crippen LogP contribution in [0.15, 0.2) is 34.9 Å². The molecule has 1 atom stereocenters. The Morgan fingerprint density at radius 2 is 1.95 bits per heavy atom. The van der Waals surface area contributed by atoms with Crippen molar-refractivity contribution in [2.75, 3.05) is 6.54 Å². The van der Waals surface area contributed by atoms with E-state index in [2.05, 4.69) is 53.0 Å². The molecule has 4 heteroatoms. The molecular weight excluding hydrogens is 328 g/mol. The summed E-state index contributed by atoms with van der Waals surface area (Å²) in [6, 6.07) is 8.62. The van der Waals surface area contributed by atoms with Crippen molar-refractivity contribution in [1.82, 2.24) is 9.88 Å². The number of nitrogens with one attached hydrogen (secondary N) is 1. The van der Waals surface area contributed by atoms with Crippen molar-refractivity contribution >= 4 is 21.8 Å². The SMILES string of the molecule is Cc1cc(C)cc(C2CCCN2C(=O)c2cc(Br)c[nH]2)c1. The highest BCUT2D eigenvalue weighted by molar-refractivity contribution is 9.10. The number of halogens is 1. The molecule has 2 heterocycles. The standard InChI is InChI=1S/C17H19BrN2O/c1-11-6-12(2)8-13(7-11)16-4-3-5-20(16)17(21)15-9-14(18)10-19-15/h6-10,16,19H,3-5H2,1-2H3. The van der Waals surface area contributed by atoms with E-state index >= 15 is 0 Å². The summed E-state index contributed by atoms with van der Waals surface area (Å²) in [7, 11) is 0. The van der Waals surface area contributed by atoms with Gasteiger partial charge in [-0.25, -0.2) is 0 Å². The van der Waals surface area contributed by atoms with Gasteiger partial charge < -0.3 is 9.88 Å². The maximum atomic E-state index is 12.7. The smallest absolute Gasteiger partial charge is 0.270 e. The van der Waals surface area contributed by atoms with E-state index in [9.17, 15) is 4.79 Å². The van der Waals surface area contributed by atoms with E-state index in [0.717, 1.165) is 23.9 Å². The number of aromatic nitrogens is 1. The van der Waals surface area contributed by atoms with Crippen LogP contribution in [-0.4, -0.2) is 22.3 Å². The van der Waals surface area contributed by atoms with Gasteiger partial charge in [-0.2, -0.15) is 0 Å². The van der Waals surface area contributed by atoms with Gasteiger partial charge in [-0.3, -0.25) is 4.79 Å². The molecule has 0 radical (unpaired) electrons. The Labute approximate surface area is 133 Å². The molecule has 1 aromatic heterocycles. The lowest BCUT2D eigenvalue weighted by Crippen LogP contribution is -2.30. The number of hydrogen-bond donors (Lipinski definition) is 1. The third kappa shape index (κ3) is 2.91. The van der Waals surface area contributed by atoms with E-state index in [4.69, 9.17) is 0 Å². The molecule has 1 amide bonds. The second kappa shape index (κ2) is 5.68. The molecule has 1 unspecified atom stereocenters. The van der Waals surface area contributed by atoms with Gasteiger partial charge in [0.05, 0.1) is 6.04 Å². The number of H-pyrrole nitrogens is 1. The molecule has 1 aromatic carbocycles. The summed E-state index contributed by atoms with van der Waals surface area (Å²) < 4.78 is 0.910. The maximum absolute atomic E-state index is 12.7. The quantitative estimate of drug-likeness (QED) is 0.860. The average molecular weight is 347 g/mol. The molecular formula is C17H19BrN2O. The second-order valence-electron chi connectivity index (χ2n) is 5.81. The molecule has 0 bridgehead atoms. The fourth-order valence-corrected chi connectivity index (χ4v) is 3.55. The van der Waals surface area contributed by atoms with Crippen molar-refractivity contribution in [1.29, 1.82) is 0 Å². The summed E-state index contributed by atoms with van der Waals surface area (Å²) >= 11 is 3.39. The van der Waals surface area contributed by atoms with E-state index in [1.54, 1.807) is 6.20 Å². The Morgan fingerprint density at radius 1 is 1.24 bits per heavy atom. The van der Waals surface area contributed by atoms with Gasteiger partial charge in [0.15, 0.2) is 0 Å². The highest BCUT2D eigenvalue weighted by Crippen LogP contribution is 2.34. The first kappa shape index (κ1) is 14.4. The van der Waals surface area contributed by atoms with Gasteiger partial charge in [-0.15, -0.1) is 0 Å². The van der Waals surface area contributed by atoms with Crippen LogP contribution in [0, 0.1) is 13.8 Å². The van der Waals surface area contributed by atoms with Crippen LogP contribution in [0.5, 0.6) is 0 Å². The van der Waals surface area contributed by atoms with Crippen LogP contribution in [-0.2, 0) is 0 Å². The summed E-state index contributed by atoms with van der Waals surface area (Å²) in [6.07, 6.45) is 3.90. The second-order valence-corrected chi connectivity index (χ2v) is 6.72. The molecule has 3 rings (SSSR count). The Bertz CT molecular complexity index is 657. The topological polar surface area (TPSA) is 36.1 Å². The first-order chi connectivity index (χ1) is 10.0. The van der Waals surface area contributed by atoms with Gasteiger partial charge in [-0.1, -0.05) is 29.3 Å². The number of hydrogen-bond acceptors (Lipinski definition) is 1. The van der Waals surface area contributed by atoms with E-state index in [0.29, 0.717) is 5.69 Å².